The van der Waals surface area contributed by atoms with Crippen molar-refractivity contribution in [3.63, 3.8) is 0 Å². The standard InChI is InChI=1S/C33H28F3N7O3/c1-21-10-11-25(40-31(44)23-8-5-9-24(15-23)33(34,35)36)16-26(21)42-32-37-12-13-43(32)30-17-29(38-19-39-30)41-27(28-18-45-20-46-28)14-22-6-3-2-4-7-22/h2-13,15-19,27H,14,20H2,1H3,(H,37,42)(H,40,44)(H,38,39,41). The van der Waals surface area contributed by atoms with Gasteiger partial charge in [-0.1, -0.05) is 42.5 Å². The number of nitrogens with one attached hydrogen (secondary N) is 3. The Bertz CT molecular complexity index is 1880. The summed E-state index contributed by atoms with van der Waals surface area (Å²) >= 11 is 0. The molecule has 2 aromatic heterocycles. The summed E-state index contributed by atoms with van der Waals surface area (Å²) in [5.74, 6) is 1.51. The molecule has 0 saturated heterocycles. The molecule has 1 atom stereocenters. The van der Waals surface area contributed by atoms with Gasteiger partial charge in [0.05, 0.1) is 11.6 Å². The first-order valence-corrected chi connectivity index (χ1v) is 14.2. The number of carbonyl (C=O) groups excluding carboxylic acids is 1. The molecule has 10 nitrogen and oxygen atoms in total. The van der Waals surface area contributed by atoms with E-state index < -0.39 is 17.6 Å². The third kappa shape index (κ3) is 7.09. The molecule has 1 aliphatic heterocycles. The molecule has 1 amide bonds. The SMILES string of the molecule is Cc1ccc(NC(=O)c2cccc(C(F)(F)F)c2)cc1Nc1nccn1-c1cc(NC(Cc2ccccc2)C2=COCO2)ncn1. The van der Waals surface area contributed by atoms with E-state index in [0.717, 1.165) is 23.3 Å². The van der Waals surface area contributed by atoms with Gasteiger partial charge in [0.1, 0.15) is 24.2 Å². The molecule has 1 aliphatic rings. The van der Waals surface area contributed by atoms with Crippen molar-refractivity contribution in [1.29, 1.82) is 0 Å². The Kier molecular flexibility index (Phi) is 8.55. The number of nitrogens with zero attached hydrogens (tertiary/aromatic N) is 4. The minimum Gasteiger partial charge on any atom is -0.462 e. The highest BCUT2D eigenvalue weighted by molar-refractivity contribution is 6.04. The molecule has 0 spiro atoms. The minimum atomic E-state index is -4.56. The monoisotopic (exact) mass is 627 g/mol. The maximum atomic E-state index is 13.1. The molecule has 6 rings (SSSR count). The second kappa shape index (κ2) is 13.0. The molecule has 0 bridgehead atoms. The lowest BCUT2D eigenvalue weighted by atomic mass is 10.0. The number of amides is 1. The van der Waals surface area contributed by atoms with Crippen molar-refractivity contribution in [2.45, 2.75) is 25.6 Å². The highest BCUT2D eigenvalue weighted by Gasteiger charge is 2.31. The highest BCUT2D eigenvalue weighted by atomic mass is 19.4. The normalized spacial score (nSPS) is 13.3. The van der Waals surface area contributed by atoms with Crippen LogP contribution >= 0.6 is 0 Å². The van der Waals surface area contributed by atoms with Crippen molar-refractivity contribution >= 4 is 29.0 Å². The van der Waals surface area contributed by atoms with Crippen LogP contribution in [0.2, 0.25) is 0 Å². The summed E-state index contributed by atoms with van der Waals surface area (Å²) in [5, 5.41) is 9.35. The minimum absolute atomic E-state index is 0.108. The van der Waals surface area contributed by atoms with E-state index in [9.17, 15) is 18.0 Å². The van der Waals surface area contributed by atoms with Crippen LogP contribution in [0.5, 0.6) is 0 Å². The van der Waals surface area contributed by atoms with Gasteiger partial charge in [-0.15, -0.1) is 0 Å². The van der Waals surface area contributed by atoms with E-state index in [1.54, 1.807) is 47.5 Å². The zero-order valence-corrected chi connectivity index (χ0v) is 24.5. The number of aromatic nitrogens is 4. The van der Waals surface area contributed by atoms with E-state index in [1.807, 2.05) is 37.3 Å². The number of imidazole rings is 1. The fraction of sp³-hybridized carbons (Fsp3) is 0.152. The summed E-state index contributed by atoms with van der Waals surface area (Å²) in [5.41, 5.74) is 1.95. The molecule has 1 unspecified atom stereocenters. The molecule has 0 aliphatic carbocycles. The van der Waals surface area contributed by atoms with Gasteiger partial charge < -0.3 is 25.4 Å². The Morgan fingerprint density at radius 3 is 2.63 bits per heavy atom. The fourth-order valence-corrected chi connectivity index (χ4v) is 4.82. The Morgan fingerprint density at radius 1 is 1.00 bits per heavy atom. The lowest BCUT2D eigenvalue weighted by Crippen LogP contribution is -2.26. The molecule has 3 heterocycles. The van der Waals surface area contributed by atoms with Crippen molar-refractivity contribution in [3.8, 4) is 5.82 Å². The third-order valence-corrected chi connectivity index (χ3v) is 7.18. The lowest BCUT2D eigenvalue weighted by molar-refractivity contribution is -0.137. The van der Waals surface area contributed by atoms with Crippen molar-refractivity contribution in [1.82, 2.24) is 19.5 Å². The van der Waals surface area contributed by atoms with Crippen LogP contribution in [0.3, 0.4) is 0 Å². The quantitative estimate of drug-likeness (QED) is 0.154. The number of halogens is 3. The molecule has 0 radical (unpaired) electrons. The van der Waals surface area contributed by atoms with Gasteiger partial charge in [0, 0.05) is 35.4 Å². The van der Waals surface area contributed by atoms with Crippen LogP contribution in [0.1, 0.15) is 27.0 Å². The number of carbonyl (C=O) groups is 1. The zero-order valence-electron chi connectivity index (χ0n) is 24.5. The first-order valence-electron chi connectivity index (χ1n) is 14.2. The summed E-state index contributed by atoms with van der Waals surface area (Å²) in [6.07, 6.45) is 2.46. The van der Waals surface area contributed by atoms with Crippen molar-refractivity contribution in [2.24, 2.45) is 0 Å². The molecule has 234 valence electrons. The molecule has 0 saturated carbocycles. The predicted octanol–water partition coefficient (Wildman–Crippen LogP) is 6.85. The van der Waals surface area contributed by atoms with Crippen LogP contribution in [-0.2, 0) is 22.1 Å². The molecule has 0 fully saturated rings. The van der Waals surface area contributed by atoms with Crippen molar-refractivity contribution < 1.29 is 27.4 Å². The van der Waals surface area contributed by atoms with Gasteiger partial charge in [-0.3, -0.25) is 9.36 Å². The number of aryl methyl sites for hydroxylation is 1. The Hall–Kier alpha value is -5.85. The Morgan fingerprint density at radius 2 is 1.85 bits per heavy atom. The molecule has 3 N–H and O–H groups in total. The molecular weight excluding hydrogens is 599 g/mol. The van der Waals surface area contributed by atoms with Crippen LogP contribution in [0, 0.1) is 6.92 Å². The molecular formula is C33H28F3N7O3. The van der Waals surface area contributed by atoms with E-state index in [0.29, 0.717) is 41.1 Å². The second-order valence-corrected chi connectivity index (χ2v) is 10.4. The number of hydrogen-bond donors (Lipinski definition) is 3. The van der Waals surface area contributed by atoms with Gasteiger partial charge in [0.2, 0.25) is 12.7 Å². The molecule has 3 aromatic carbocycles. The number of ether oxygens (including phenoxy) is 2. The maximum absolute atomic E-state index is 13.1. The number of alkyl halides is 3. The number of hydrogen-bond acceptors (Lipinski definition) is 8. The number of rotatable bonds is 10. The van der Waals surface area contributed by atoms with E-state index in [-0.39, 0.29) is 18.4 Å². The molecule has 5 aromatic rings. The van der Waals surface area contributed by atoms with Gasteiger partial charge >= 0.3 is 6.18 Å². The molecule has 46 heavy (non-hydrogen) atoms. The maximum Gasteiger partial charge on any atom is 0.416 e. The van der Waals surface area contributed by atoms with Gasteiger partial charge in [0.15, 0.2) is 5.76 Å². The van der Waals surface area contributed by atoms with E-state index in [2.05, 4.69) is 30.9 Å². The van der Waals surface area contributed by atoms with E-state index >= 15 is 0 Å². The molecule has 13 heteroatoms. The van der Waals surface area contributed by atoms with Gasteiger partial charge in [-0.2, -0.15) is 13.2 Å². The summed E-state index contributed by atoms with van der Waals surface area (Å²) < 4.78 is 52.1. The van der Waals surface area contributed by atoms with Crippen LogP contribution < -0.4 is 16.0 Å². The van der Waals surface area contributed by atoms with Crippen molar-refractivity contribution in [2.75, 3.05) is 22.7 Å². The first kappa shape index (κ1) is 30.2. The number of benzene rings is 3. The highest BCUT2D eigenvalue weighted by Crippen LogP contribution is 2.30. The smallest absolute Gasteiger partial charge is 0.416 e. The summed E-state index contributed by atoms with van der Waals surface area (Å²) in [4.78, 5) is 26.1. The second-order valence-electron chi connectivity index (χ2n) is 10.4. The van der Waals surface area contributed by atoms with Crippen molar-refractivity contribution in [3.05, 3.63) is 132 Å². The first-order chi connectivity index (χ1) is 22.2. The van der Waals surface area contributed by atoms with Crippen LogP contribution in [0.15, 0.2) is 110 Å². The Labute approximate surface area is 261 Å². The van der Waals surface area contributed by atoms with Gasteiger partial charge in [0.25, 0.3) is 5.91 Å². The van der Waals surface area contributed by atoms with E-state index in [4.69, 9.17) is 9.47 Å². The zero-order chi connectivity index (χ0) is 32.1. The fourth-order valence-electron chi connectivity index (χ4n) is 4.82. The lowest BCUT2D eigenvalue weighted by Gasteiger charge is -2.20. The summed E-state index contributed by atoms with van der Waals surface area (Å²) in [7, 11) is 0. The largest absolute Gasteiger partial charge is 0.462 e. The van der Waals surface area contributed by atoms with Crippen LogP contribution in [0.25, 0.3) is 5.82 Å². The van der Waals surface area contributed by atoms with Gasteiger partial charge in [-0.25, -0.2) is 15.0 Å². The average Bonchev–Trinajstić information content (AvgIpc) is 3.76. The van der Waals surface area contributed by atoms with Gasteiger partial charge in [-0.05, 0) is 54.8 Å². The topological polar surface area (TPSA) is 115 Å². The van der Waals surface area contributed by atoms with Crippen LogP contribution in [-0.4, -0.2) is 38.3 Å². The third-order valence-electron chi connectivity index (χ3n) is 7.18. The van der Waals surface area contributed by atoms with E-state index in [1.165, 1.54) is 18.5 Å². The number of anilines is 4. The summed E-state index contributed by atoms with van der Waals surface area (Å²) in [6, 6.07) is 20.9. The average molecular weight is 628 g/mol. The predicted molar refractivity (Wildman–Crippen MR) is 166 cm³/mol. The summed E-state index contributed by atoms with van der Waals surface area (Å²) in [6.45, 7) is 2.02. The van der Waals surface area contributed by atoms with Crippen LogP contribution in [0.4, 0.5) is 36.3 Å². The Balaban J connectivity index is 1.19.